The first-order valence-electron chi connectivity index (χ1n) is 4.74. The quantitative estimate of drug-likeness (QED) is 0.162. The number of carboxylic acid groups (broad SMARTS) is 2. The number of amides is 1. The molecule has 0 aliphatic heterocycles. The number of esters is 1. The van der Waals surface area contributed by atoms with E-state index in [1.165, 1.54) is 0 Å². The van der Waals surface area contributed by atoms with Gasteiger partial charge in [-0.2, -0.15) is 0 Å². The minimum Gasteiger partial charge on any atom is -0.747 e. The van der Waals surface area contributed by atoms with Crippen LogP contribution in [0.2, 0.25) is 0 Å². The van der Waals surface area contributed by atoms with Crippen molar-refractivity contribution < 1.29 is 165 Å². The molecule has 0 aromatic rings. The Morgan fingerprint density at radius 1 is 0.958 bits per heavy atom. The van der Waals surface area contributed by atoms with Gasteiger partial charge in [-0.1, -0.05) is 0 Å². The van der Waals surface area contributed by atoms with Gasteiger partial charge in [0.05, 0.1) is 23.8 Å². The van der Waals surface area contributed by atoms with Gasteiger partial charge in [0, 0.05) is 6.42 Å². The monoisotopic (exact) mass is 401 g/mol. The number of carboxylic acids is 2. The van der Waals surface area contributed by atoms with E-state index < -0.39 is 58.1 Å². The molecule has 0 aromatic heterocycles. The fraction of sp³-hybridized carbons (Fsp3) is 0.500. The fourth-order valence-corrected chi connectivity index (χ4v) is 1.62. The summed E-state index contributed by atoms with van der Waals surface area (Å²) >= 11 is 0. The van der Waals surface area contributed by atoms with Crippen molar-refractivity contribution in [3.05, 3.63) is 5.73 Å². The number of hydrogen-bond donors (Lipinski definition) is 0. The van der Waals surface area contributed by atoms with E-state index in [9.17, 15) is 42.4 Å². The molecule has 11 nitrogen and oxygen atoms in total. The molecule has 1 N–H and O–H groups in total. The molecule has 0 fully saturated rings. The summed E-state index contributed by atoms with van der Waals surface area (Å²) in [5.74, 6) is -10.1. The van der Waals surface area contributed by atoms with Crippen molar-refractivity contribution in [2.75, 3.05) is 6.61 Å². The van der Waals surface area contributed by atoms with Crippen molar-refractivity contribution in [3.8, 4) is 0 Å². The van der Waals surface area contributed by atoms with Crippen LogP contribution in [0.5, 0.6) is 0 Å². The van der Waals surface area contributed by atoms with Crippen molar-refractivity contribution in [3.63, 3.8) is 0 Å². The molecule has 0 spiro atoms. The van der Waals surface area contributed by atoms with Gasteiger partial charge < -0.3 is 39.6 Å². The third-order valence-corrected chi connectivity index (χ3v) is 3.00. The topological polar surface area (TPSA) is 205 Å². The fourth-order valence-electron chi connectivity index (χ4n) is 0.962. The van der Waals surface area contributed by atoms with E-state index >= 15 is 0 Å². The Morgan fingerprint density at radius 2 is 1.33 bits per heavy atom. The van der Waals surface area contributed by atoms with Crippen LogP contribution in [0.25, 0.3) is 5.73 Å². The molecule has 0 radical (unpaired) electrons. The van der Waals surface area contributed by atoms with E-state index in [1.807, 2.05) is 0 Å². The average Bonchev–Trinajstić information content (AvgIpc) is 2.22. The van der Waals surface area contributed by atoms with Crippen LogP contribution in [0.3, 0.4) is 0 Å². The Kier molecular flexibility index (Phi) is 25.9. The van der Waals surface area contributed by atoms with Crippen LogP contribution in [0.1, 0.15) is 6.42 Å². The molecule has 0 bridgehead atoms. The maximum Gasteiger partial charge on any atom is 1.00 e. The molecule has 0 aliphatic carbocycles. The predicted octanol–water partition coefficient (Wildman–Crippen LogP) is -16.5. The minimum atomic E-state index is -5.34. The molecule has 16 heteroatoms. The summed E-state index contributed by atoms with van der Waals surface area (Å²) in [4.78, 5) is 42.2. The smallest absolute Gasteiger partial charge is 0.747 e. The van der Waals surface area contributed by atoms with E-state index in [2.05, 4.69) is 4.74 Å². The van der Waals surface area contributed by atoms with Crippen molar-refractivity contribution in [1.82, 2.24) is 0 Å². The van der Waals surface area contributed by atoms with Crippen molar-refractivity contribution in [2.45, 2.75) is 11.7 Å². The number of hydrogen-bond acceptors (Lipinski definition) is 10. The van der Waals surface area contributed by atoms with Gasteiger partial charge in [0.2, 0.25) is 0 Å². The Balaban J connectivity index is -0.000000301. The third kappa shape index (κ3) is 14.9. The summed E-state index contributed by atoms with van der Waals surface area (Å²) in [6.07, 6.45) is -1.30. The van der Waals surface area contributed by atoms with Crippen LogP contribution in [0.4, 0.5) is 0 Å². The first-order valence-corrected chi connectivity index (χ1v) is 6.21. The standard InChI is InChI=1S/C8H11NO10S.4Na/c9-5(10)1-4(20(16,17)18)8(15)19-2-3(6(11)12)7(13)14;;;;/h3-4H,1-2H2,(H5,9,10,11,12,13,14,16,17,18);;;;/q;4*+1/p-4. The first kappa shape index (κ1) is 36.7. The molecule has 1 unspecified atom stereocenters. The summed E-state index contributed by atoms with van der Waals surface area (Å²) in [7, 11) is -5.34. The molecule has 24 heavy (non-hydrogen) atoms. The average molecular weight is 401 g/mol. The Labute approximate surface area is 225 Å². The summed E-state index contributed by atoms with van der Waals surface area (Å²) in [5, 5.41) is 18.1. The predicted molar refractivity (Wildman–Crippen MR) is 51.9 cm³/mol. The van der Waals surface area contributed by atoms with Gasteiger partial charge in [0.25, 0.3) is 0 Å². The van der Waals surface area contributed by atoms with Crippen LogP contribution in [-0.4, -0.2) is 48.6 Å². The van der Waals surface area contributed by atoms with Crippen LogP contribution in [0.15, 0.2) is 0 Å². The van der Waals surface area contributed by atoms with E-state index in [-0.39, 0.29) is 118 Å². The Hall–Kier alpha value is 1.79. The molecular formula is C8H7NNa4O10S. The summed E-state index contributed by atoms with van der Waals surface area (Å²) in [6, 6.07) is 0. The van der Waals surface area contributed by atoms with E-state index in [0.29, 0.717) is 0 Å². The summed E-state index contributed by atoms with van der Waals surface area (Å²) in [5.41, 5.74) is 6.48. The second-order valence-electron chi connectivity index (χ2n) is 3.43. The molecule has 1 amide bonds. The van der Waals surface area contributed by atoms with Crippen LogP contribution >= 0.6 is 0 Å². The molecule has 114 valence electrons. The zero-order valence-electron chi connectivity index (χ0n) is 13.6. The molecule has 0 heterocycles. The zero-order valence-corrected chi connectivity index (χ0v) is 22.4. The summed E-state index contributed by atoms with van der Waals surface area (Å²) in [6.45, 7) is -1.35. The van der Waals surface area contributed by atoms with E-state index in [4.69, 9.17) is 5.73 Å². The third-order valence-electron chi connectivity index (χ3n) is 1.94. The van der Waals surface area contributed by atoms with Crippen molar-refractivity contribution in [2.24, 2.45) is 5.92 Å². The van der Waals surface area contributed by atoms with Crippen LogP contribution < -0.4 is 128 Å². The van der Waals surface area contributed by atoms with Gasteiger partial charge in [-0.15, -0.1) is 0 Å². The zero-order chi connectivity index (χ0) is 16.1. The normalized spacial score (nSPS) is 10.6. The van der Waals surface area contributed by atoms with Gasteiger partial charge in [-0.05, 0) is 0 Å². The van der Waals surface area contributed by atoms with Gasteiger partial charge >= 0.3 is 124 Å². The molecular weight excluding hydrogens is 394 g/mol. The molecule has 0 rings (SSSR count). The van der Waals surface area contributed by atoms with E-state index in [1.54, 1.807) is 0 Å². The summed E-state index contributed by atoms with van der Waals surface area (Å²) < 4.78 is 36.0. The van der Waals surface area contributed by atoms with E-state index in [0.717, 1.165) is 0 Å². The maximum absolute atomic E-state index is 11.2. The van der Waals surface area contributed by atoms with Crippen LogP contribution in [-0.2, 0) is 34.0 Å². The number of nitrogens with one attached hydrogen (secondary N) is 1. The minimum absolute atomic E-state index is 0. The molecule has 0 saturated carbocycles. The second kappa shape index (κ2) is 16.9. The molecule has 0 saturated heterocycles. The van der Waals surface area contributed by atoms with Crippen molar-refractivity contribution >= 4 is 33.9 Å². The Bertz CT molecular complexity index is 525. The number of carbonyl (C=O) groups is 4. The van der Waals surface area contributed by atoms with Crippen molar-refractivity contribution in [1.29, 1.82) is 0 Å². The van der Waals surface area contributed by atoms with Gasteiger partial charge in [0.1, 0.15) is 16.7 Å². The molecule has 1 atom stereocenters. The largest absolute Gasteiger partial charge is 1.00 e. The SMILES string of the molecule is [NH-]C(=O)CC(C(=O)OCC(C(=O)[O-])C(=O)[O-])S(=O)(=O)[O-].[Na+].[Na+].[Na+].[Na+]. The maximum atomic E-state index is 11.2. The molecule has 0 aliphatic rings. The number of carbonyl (C=O) groups excluding carboxylic acids is 4. The number of ether oxygens (including phenoxy) is 1. The second-order valence-corrected chi connectivity index (χ2v) is 4.98. The van der Waals surface area contributed by atoms with Crippen LogP contribution in [0, 0.1) is 5.92 Å². The number of aliphatic carboxylic acids is 2. The molecule has 0 aromatic carbocycles. The van der Waals surface area contributed by atoms with Gasteiger partial charge in [-0.25, -0.2) is 8.42 Å². The van der Waals surface area contributed by atoms with Gasteiger partial charge in [0.15, 0.2) is 5.25 Å². The van der Waals surface area contributed by atoms with Gasteiger partial charge in [-0.3, -0.25) is 4.79 Å². The number of rotatable bonds is 8. The first-order chi connectivity index (χ1) is 8.96. The Morgan fingerprint density at radius 3 is 1.58 bits per heavy atom.